The zero-order valence-electron chi connectivity index (χ0n) is 83.3. The van der Waals surface area contributed by atoms with Crippen LogP contribution < -0.4 is 14.7 Å². The number of hydrogen-bond acceptors (Lipinski definition) is 4. The lowest BCUT2D eigenvalue weighted by Crippen LogP contribution is -2.43. The standard InChI is InChI=1S/C49H41NS.2C43H39N/c1-47(2)42-27-31(21-25-37(42)40-23-19-30-13-7-8-14-34(30)46(40)47)50(33-22-26-39-38-16-10-12-18-44(38)51-45(39)29-33)32-20-24-36-35-15-9-11-17-41(35)48(3,4)49(5,6)43(36)28-32;1-41(2)35-22-14-13-21-34(35)39-38(26-28-16-10-11-19-31(28)40(39)41)44(29-17-8-7-9-18-29)30-24-25-33-32-20-12-15-23-36(32)42(3,4)43(5,6)37(33)27-30;1-41(2)38-25-29-15-11-10-14-28(29)24-36(38)35-23-21-31(26-39(35)41)44(30-16-8-7-9-17-30)32-20-22-34-33-18-12-13-19-37(33)42(3,4)43(5,6)40(34)27-32/h7-29H,1-6H3;2*7-27H,1-6H3. The monoisotopic (exact) mass is 1810 g/mol. The number of nitrogens with zero attached hydrogens (tertiary/aromatic N) is 3. The molecule has 0 saturated carbocycles. The number of thiophene rings is 1. The second-order valence-electron chi connectivity index (χ2n) is 44.7. The molecule has 680 valence electrons. The largest absolute Gasteiger partial charge is 0.310 e. The minimum Gasteiger partial charge on any atom is -0.310 e. The van der Waals surface area contributed by atoms with E-state index in [4.69, 9.17) is 0 Å². The van der Waals surface area contributed by atoms with Crippen molar-refractivity contribution in [1.29, 1.82) is 0 Å². The van der Waals surface area contributed by atoms with Crippen molar-refractivity contribution in [3.8, 4) is 66.8 Å². The van der Waals surface area contributed by atoms with Crippen molar-refractivity contribution < 1.29 is 0 Å². The van der Waals surface area contributed by atoms with Crippen molar-refractivity contribution >= 4 is 115 Å². The lowest BCUT2D eigenvalue weighted by atomic mass is 9.55. The molecule has 1 heterocycles. The Morgan fingerprint density at radius 3 is 0.993 bits per heavy atom. The highest BCUT2D eigenvalue weighted by molar-refractivity contribution is 7.25. The van der Waals surface area contributed by atoms with Gasteiger partial charge in [-0.1, -0.05) is 398 Å². The molecular formula is C135H119N3S. The summed E-state index contributed by atoms with van der Waals surface area (Å²) >= 11 is 1.88. The van der Waals surface area contributed by atoms with Gasteiger partial charge in [-0.15, -0.1) is 11.3 Å². The molecule has 6 aliphatic rings. The summed E-state index contributed by atoms with van der Waals surface area (Å²) < 4.78 is 2.64. The lowest BCUT2D eigenvalue weighted by molar-refractivity contribution is 0.299. The molecule has 0 amide bonds. The first-order chi connectivity index (χ1) is 66.8. The van der Waals surface area contributed by atoms with Crippen LogP contribution in [0.4, 0.5) is 51.2 Å². The first kappa shape index (κ1) is 87.4. The molecule has 19 aromatic carbocycles. The van der Waals surface area contributed by atoms with E-state index in [-0.39, 0.29) is 48.7 Å². The third-order valence-corrected chi connectivity index (χ3v) is 36.3. The summed E-state index contributed by atoms with van der Waals surface area (Å²) in [5, 5.41) is 10.5. The molecule has 0 spiro atoms. The number of rotatable bonds is 9. The van der Waals surface area contributed by atoms with Crippen molar-refractivity contribution in [2.75, 3.05) is 14.7 Å². The molecule has 0 bridgehead atoms. The molecule has 0 unspecified atom stereocenters. The van der Waals surface area contributed by atoms with Crippen LogP contribution in [0.2, 0.25) is 0 Å². The fourth-order valence-corrected chi connectivity index (χ4v) is 26.6. The number of hydrogen-bond donors (Lipinski definition) is 0. The topological polar surface area (TPSA) is 9.72 Å². The Morgan fingerprint density at radius 2 is 0.482 bits per heavy atom. The van der Waals surface area contributed by atoms with Crippen LogP contribution >= 0.6 is 11.3 Å². The third-order valence-electron chi connectivity index (χ3n) is 35.1. The fourth-order valence-electron chi connectivity index (χ4n) is 25.5. The van der Waals surface area contributed by atoms with Crippen molar-refractivity contribution in [3.05, 3.63) is 461 Å². The van der Waals surface area contributed by atoms with Gasteiger partial charge in [-0.2, -0.15) is 0 Å². The maximum absolute atomic E-state index is 2.51. The molecule has 3 nitrogen and oxygen atoms in total. The van der Waals surface area contributed by atoms with E-state index >= 15 is 0 Å². The summed E-state index contributed by atoms with van der Waals surface area (Å²) in [6.45, 7) is 43.3. The van der Waals surface area contributed by atoms with Crippen molar-refractivity contribution in [2.45, 2.75) is 173 Å². The van der Waals surface area contributed by atoms with E-state index < -0.39 is 0 Å². The van der Waals surface area contributed by atoms with E-state index in [9.17, 15) is 0 Å². The van der Waals surface area contributed by atoms with E-state index in [1.807, 2.05) is 11.3 Å². The molecule has 0 aliphatic heterocycles. The summed E-state index contributed by atoms with van der Waals surface area (Å²) in [6.07, 6.45) is 0. The zero-order valence-corrected chi connectivity index (χ0v) is 84.1. The van der Waals surface area contributed by atoms with Gasteiger partial charge in [0.2, 0.25) is 0 Å². The smallest absolute Gasteiger partial charge is 0.0549 e. The van der Waals surface area contributed by atoms with Gasteiger partial charge in [-0.25, -0.2) is 0 Å². The summed E-state index contributed by atoms with van der Waals surface area (Å²) in [4.78, 5) is 7.46. The average Bonchev–Trinajstić information content (AvgIpc) is 1.65. The number of para-hydroxylation sites is 2. The van der Waals surface area contributed by atoms with Crippen molar-refractivity contribution in [2.24, 2.45) is 0 Å². The van der Waals surface area contributed by atoms with Gasteiger partial charge < -0.3 is 14.7 Å². The molecule has 0 N–H and O–H groups in total. The van der Waals surface area contributed by atoms with Crippen molar-refractivity contribution in [1.82, 2.24) is 0 Å². The number of anilines is 9. The summed E-state index contributed by atoms with van der Waals surface area (Å²) in [5.41, 5.74) is 43.1. The molecule has 0 radical (unpaired) electrons. The van der Waals surface area contributed by atoms with Gasteiger partial charge in [0.1, 0.15) is 0 Å². The van der Waals surface area contributed by atoms with E-state index in [1.165, 1.54) is 237 Å². The highest BCUT2D eigenvalue weighted by Crippen LogP contribution is 2.64. The van der Waals surface area contributed by atoms with Crippen LogP contribution in [-0.2, 0) is 48.7 Å². The molecule has 4 heteroatoms. The van der Waals surface area contributed by atoms with Crippen LogP contribution in [-0.4, -0.2) is 0 Å². The Kier molecular flexibility index (Phi) is 19.7. The van der Waals surface area contributed by atoms with Crippen LogP contribution in [0.15, 0.2) is 394 Å². The predicted molar refractivity (Wildman–Crippen MR) is 596 cm³/mol. The van der Waals surface area contributed by atoms with Gasteiger partial charge in [-0.3, -0.25) is 0 Å². The Balaban J connectivity index is 0.000000114. The Hall–Kier alpha value is -14.4. The molecule has 26 rings (SSSR count). The molecule has 6 aliphatic carbocycles. The van der Waals surface area contributed by atoms with E-state index in [1.54, 1.807) is 0 Å². The van der Waals surface area contributed by atoms with Crippen LogP contribution in [0.5, 0.6) is 0 Å². The minimum absolute atomic E-state index is 0.0142. The first-order valence-corrected chi connectivity index (χ1v) is 50.7. The van der Waals surface area contributed by atoms with Crippen molar-refractivity contribution in [3.63, 3.8) is 0 Å². The zero-order chi connectivity index (χ0) is 95.7. The Bertz CT molecular complexity index is 8490. The fraction of sp³-hybridized carbons (Fsp3) is 0.200. The molecule has 0 fully saturated rings. The molecular weight excluding hydrogens is 1700 g/mol. The first-order valence-electron chi connectivity index (χ1n) is 49.9. The molecule has 0 atom stereocenters. The van der Waals surface area contributed by atoms with E-state index in [2.05, 4.69) is 534 Å². The van der Waals surface area contributed by atoms with Crippen LogP contribution in [0.1, 0.15) is 191 Å². The second-order valence-corrected chi connectivity index (χ2v) is 45.8. The van der Waals surface area contributed by atoms with Crippen LogP contribution in [0.25, 0.3) is 119 Å². The number of fused-ring (bicyclic) bond motifs is 26. The Labute approximate surface area is 824 Å². The maximum Gasteiger partial charge on any atom is 0.0549 e. The quantitative estimate of drug-likeness (QED) is 0.143. The highest BCUT2D eigenvalue weighted by Gasteiger charge is 2.51. The van der Waals surface area contributed by atoms with Gasteiger partial charge in [0.25, 0.3) is 0 Å². The van der Waals surface area contributed by atoms with Gasteiger partial charge in [0.15, 0.2) is 0 Å². The van der Waals surface area contributed by atoms with Gasteiger partial charge in [0.05, 0.1) is 5.69 Å². The molecule has 1 aromatic heterocycles. The normalized spacial score (nSPS) is 16.4. The summed E-state index contributed by atoms with van der Waals surface area (Å²) in [5.74, 6) is 0. The third kappa shape index (κ3) is 12.9. The van der Waals surface area contributed by atoms with Crippen LogP contribution in [0.3, 0.4) is 0 Å². The van der Waals surface area contributed by atoms with E-state index in [0.717, 1.165) is 0 Å². The number of benzene rings is 19. The predicted octanol–water partition coefficient (Wildman–Crippen LogP) is 37.9. The molecule has 20 aromatic rings. The summed E-state index contributed by atoms with van der Waals surface area (Å²) in [7, 11) is 0. The maximum atomic E-state index is 2.51. The van der Waals surface area contributed by atoms with Gasteiger partial charge in [0, 0.05) is 87.5 Å². The second kappa shape index (κ2) is 31.3. The Morgan fingerprint density at radius 1 is 0.165 bits per heavy atom. The SMILES string of the molecule is CC1(C)c2cc(N(c3ccc4c(c3)C(C)(C)C(C)(C)c3ccccc3-4)c3ccc4c(c3)sc3ccccc34)ccc2-c2ccc3ccccc3c21.CC1(C)c2cc(N(c3ccccc3)c3ccc4c(c3)C(C)(C)C(C)(C)c3ccccc3-4)ccc2-c2cc3ccccc3cc21.CC1(C)c2ccccc2-c2c(N(c3ccccc3)c3ccc4c(c3)C(C)(C)C(C)(C)c3ccccc3-4)cc3ccccc3c21. The average molecular weight is 1820 g/mol. The van der Waals surface area contributed by atoms with Crippen LogP contribution in [0, 0.1) is 0 Å². The highest BCUT2D eigenvalue weighted by atomic mass is 32.1. The van der Waals surface area contributed by atoms with Gasteiger partial charge in [-0.05, 0) is 314 Å². The molecule has 139 heavy (non-hydrogen) atoms. The summed E-state index contributed by atoms with van der Waals surface area (Å²) in [6, 6.07) is 148. The minimum atomic E-state index is -0.145. The van der Waals surface area contributed by atoms with E-state index in [0.29, 0.717) is 0 Å². The lowest BCUT2D eigenvalue weighted by Gasteiger charge is -2.48. The molecule has 0 saturated heterocycles. The van der Waals surface area contributed by atoms with Gasteiger partial charge >= 0.3 is 0 Å².